The Hall–Kier alpha value is -1.34. The summed E-state index contributed by atoms with van der Waals surface area (Å²) in [6.45, 7) is 5.92. The standard InChI is InChI=1S/C16H20ClN/c1-3-5-6-7-8-9-15-11-10-14(4-2)16(18-15)12-13-17/h4-6,10-13H,2-3,7-9H2,1H3/b6-5+,13-12+. The molecule has 1 rings (SSSR count). The van der Waals surface area contributed by atoms with Gasteiger partial charge in [0.2, 0.25) is 0 Å². The number of pyridine rings is 1. The van der Waals surface area contributed by atoms with E-state index in [1.54, 1.807) is 12.2 Å². The van der Waals surface area contributed by atoms with Crippen molar-refractivity contribution in [3.05, 3.63) is 53.4 Å². The molecular formula is C16H20ClN. The number of nitrogens with zero attached hydrogens (tertiary/aromatic N) is 1. The summed E-state index contributed by atoms with van der Waals surface area (Å²) in [7, 11) is 0. The fourth-order valence-electron chi connectivity index (χ4n) is 1.72. The molecule has 2 heteroatoms. The Bertz CT molecular complexity index is 433. The van der Waals surface area contributed by atoms with Gasteiger partial charge in [0.05, 0.1) is 5.69 Å². The molecule has 0 N–H and O–H groups in total. The van der Waals surface area contributed by atoms with Crippen molar-refractivity contribution in [2.45, 2.75) is 32.6 Å². The second-order valence-electron chi connectivity index (χ2n) is 4.05. The third kappa shape index (κ3) is 4.89. The van der Waals surface area contributed by atoms with Gasteiger partial charge in [-0.1, -0.05) is 49.4 Å². The first-order valence-electron chi connectivity index (χ1n) is 6.36. The lowest BCUT2D eigenvalue weighted by molar-refractivity contribution is 0.814. The lowest BCUT2D eigenvalue weighted by atomic mass is 10.1. The molecule has 0 amide bonds. The minimum Gasteiger partial charge on any atom is -0.253 e. The van der Waals surface area contributed by atoms with Crippen LogP contribution in [0.4, 0.5) is 0 Å². The number of aryl methyl sites for hydroxylation is 1. The highest BCUT2D eigenvalue weighted by atomic mass is 35.5. The summed E-state index contributed by atoms with van der Waals surface area (Å²) in [6.07, 6.45) is 12.4. The van der Waals surface area contributed by atoms with Crippen molar-refractivity contribution in [1.82, 2.24) is 4.98 Å². The van der Waals surface area contributed by atoms with Crippen molar-refractivity contribution in [3.8, 4) is 0 Å². The predicted molar refractivity (Wildman–Crippen MR) is 81.6 cm³/mol. The molecular weight excluding hydrogens is 242 g/mol. The zero-order chi connectivity index (χ0) is 13.2. The van der Waals surface area contributed by atoms with E-state index in [0.717, 1.165) is 42.6 Å². The van der Waals surface area contributed by atoms with Crippen molar-refractivity contribution in [2.75, 3.05) is 0 Å². The Balaban J connectivity index is 2.64. The average Bonchev–Trinajstić information content (AvgIpc) is 2.39. The first-order chi connectivity index (χ1) is 8.81. The van der Waals surface area contributed by atoms with E-state index in [1.165, 1.54) is 5.54 Å². The first-order valence-corrected chi connectivity index (χ1v) is 6.79. The molecule has 18 heavy (non-hydrogen) atoms. The minimum atomic E-state index is 0.890. The first kappa shape index (κ1) is 14.7. The summed E-state index contributed by atoms with van der Waals surface area (Å²) < 4.78 is 0. The van der Waals surface area contributed by atoms with E-state index in [-0.39, 0.29) is 0 Å². The van der Waals surface area contributed by atoms with Crippen molar-refractivity contribution >= 4 is 23.8 Å². The maximum absolute atomic E-state index is 5.61. The van der Waals surface area contributed by atoms with E-state index < -0.39 is 0 Å². The molecule has 0 aromatic carbocycles. The Morgan fingerprint density at radius 1 is 1.33 bits per heavy atom. The van der Waals surface area contributed by atoms with Crippen molar-refractivity contribution < 1.29 is 0 Å². The van der Waals surface area contributed by atoms with Crippen LogP contribution in [-0.2, 0) is 6.42 Å². The van der Waals surface area contributed by atoms with Gasteiger partial charge in [0.15, 0.2) is 0 Å². The van der Waals surface area contributed by atoms with E-state index in [9.17, 15) is 0 Å². The maximum atomic E-state index is 5.61. The van der Waals surface area contributed by atoms with E-state index in [2.05, 4.69) is 36.7 Å². The molecule has 0 saturated heterocycles. The summed E-state index contributed by atoms with van der Waals surface area (Å²) in [5, 5.41) is 0. The van der Waals surface area contributed by atoms with Gasteiger partial charge in [-0.3, -0.25) is 4.98 Å². The van der Waals surface area contributed by atoms with Crippen LogP contribution in [0.5, 0.6) is 0 Å². The molecule has 0 radical (unpaired) electrons. The monoisotopic (exact) mass is 261 g/mol. The normalized spacial score (nSPS) is 11.4. The largest absolute Gasteiger partial charge is 0.253 e. The smallest absolute Gasteiger partial charge is 0.0713 e. The van der Waals surface area contributed by atoms with E-state index in [0.29, 0.717) is 0 Å². The topological polar surface area (TPSA) is 12.9 Å². The summed E-state index contributed by atoms with van der Waals surface area (Å²) >= 11 is 5.61. The second kappa shape index (κ2) is 8.71. The number of aromatic nitrogens is 1. The third-order valence-electron chi connectivity index (χ3n) is 2.66. The van der Waals surface area contributed by atoms with Gasteiger partial charge in [-0.05, 0) is 43.4 Å². The Morgan fingerprint density at radius 2 is 2.17 bits per heavy atom. The fourth-order valence-corrected chi connectivity index (χ4v) is 1.84. The molecule has 0 spiro atoms. The second-order valence-corrected chi connectivity index (χ2v) is 4.30. The highest BCUT2D eigenvalue weighted by Crippen LogP contribution is 2.13. The van der Waals surface area contributed by atoms with Crippen LogP contribution in [0.2, 0.25) is 0 Å². The van der Waals surface area contributed by atoms with Crippen LogP contribution in [0.1, 0.15) is 43.1 Å². The molecule has 0 bridgehead atoms. The van der Waals surface area contributed by atoms with Gasteiger partial charge in [0.1, 0.15) is 0 Å². The molecule has 0 atom stereocenters. The van der Waals surface area contributed by atoms with Gasteiger partial charge in [0.25, 0.3) is 0 Å². The molecule has 0 unspecified atom stereocenters. The fraction of sp³-hybridized carbons (Fsp3) is 0.312. The van der Waals surface area contributed by atoms with Gasteiger partial charge in [0, 0.05) is 11.2 Å². The van der Waals surface area contributed by atoms with Crippen LogP contribution >= 0.6 is 11.6 Å². The molecule has 1 nitrogen and oxygen atoms in total. The van der Waals surface area contributed by atoms with Crippen LogP contribution in [0.3, 0.4) is 0 Å². The highest BCUT2D eigenvalue weighted by molar-refractivity contribution is 6.27. The Labute approximate surface area is 115 Å². The van der Waals surface area contributed by atoms with Crippen molar-refractivity contribution in [2.24, 2.45) is 0 Å². The summed E-state index contributed by atoms with van der Waals surface area (Å²) in [5.74, 6) is 0. The van der Waals surface area contributed by atoms with Crippen LogP contribution in [0.25, 0.3) is 12.2 Å². The van der Waals surface area contributed by atoms with Gasteiger partial charge < -0.3 is 0 Å². The predicted octanol–water partition coefficient (Wildman–Crippen LogP) is 5.22. The molecule has 0 aliphatic rings. The number of rotatable bonds is 7. The van der Waals surface area contributed by atoms with Gasteiger partial charge in [-0.15, -0.1) is 0 Å². The van der Waals surface area contributed by atoms with E-state index in [4.69, 9.17) is 11.6 Å². The number of halogens is 1. The lowest BCUT2D eigenvalue weighted by Gasteiger charge is -2.04. The van der Waals surface area contributed by atoms with E-state index >= 15 is 0 Å². The van der Waals surface area contributed by atoms with Crippen molar-refractivity contribution in [1.29, 1.82) is 0 Å². The molecule has 0 saturated carbocycles. The third-order valence-corrected chi connectivity index (χ3v) is 2.79. The summed E-state index contributed by atoms with van der Waals surface area (Å²) in [5.41, 5.74) is 4.50. The summed E-state index contributed by atoms with van der Waals surface area (Å²) in [6, 6.07) is 4.11. The SMILES string of the molecule is C=Cc1ccc(CCC/C=C/CC)nc1/C=C/Cl. The number of hydrogen-bond acceptors (Lipinski definition) is 1. The van der Waals surface area contributed by atoms with Crippen LogP contribution < -0.4 is 0 Å². The van der Waals surface area contributed by atoms with Gasteiger partial charge >= 0.3 is 0 Å². The zero-order valence-electron chi connectivity index (χ0n) is 10.9. The van der Waals surface area contributed by atoms with Crippen LogP contribution in [0, 0.1) is 0 Å². The van der Waals surface area contributed by atoms with E-state index in [1.807, 2.05) is 6.07 Å². The lowest BCUT2D eigenvalue weighted by Crippen LogP contribution is -1.94. The maximum Gasteiger partial charge on any atom is 0.0713 e. The molecule has 0 fully saturated rings. The number of hydrogen-bond donors (Lipinski definition) is 0. The van der Waals surface area contributed by atoms with Gasteiger partial charge in [-0.2, -0.15) is 0 Å². The minimum absolute atomic E-state index is 0.890. The zero-order valence-corrected chi connectivity index (χ0v) is 11.7. The quantitative estimate of drug-likeness (QED) is 0.484. The number of allylic oxidation sites excluding steroid dienone is 2. The van der Waals surface area contributed by atoms with Crippen LogP contribution in [-0.4, -0.2) is 4.98 Å². The molecule has 1 aromatic heterocycles. The average molecular weight is 262 g/mol. The molecule has 0 aliphatic carbocycles. The number of unbranched alkanes of at least 4 members (excludes halogenated alkanes) is 1. The summed E-state index contributed by atoms with van der Waals surface area (Å²) in [4.78, 5) is 4.58. The van der Waals surface area contributed by atoms with Gasteiger partial charge in [-0.25, -0.2) is 0 Å². The molecule has 96 valence electrons. The Morgan fingerprint density at radius 3 is 2.83 bits per heavy atom. The highest BCUT2D eigenvalue weighted by Gasteiger charge is 2.00. The van der Waals surface area contributed by atoms with Crippen molar-refractivity contribution in [3.63, 3.8) is 0 Å². The molecule has 1 aromatic rings. The van der Waals surface area contributed by atoms with Crippen LogP contribution in [0.15, 0.2) is 36.4 Å². The molecule has 1 heterocycles. The Kier molecular flexibility index (Phi) is 7.12. The molecule has 0 aliphatic heterocycles.